The van der Waals surface area contributed by atoms with Crippen LogP contribution in [0.2, 0.25) is 0 Å². The van der Waals surface area contributed by atoms with Crippen molar-refractivity contribution in [3.8, 4) is 78.7 Å². The molecule has 4 nitrogen and oxygen atoms in total. The van der Waals surface area contributed by atoms with Gasteiger partial charge in [-0.1, -0.05) is 182 Å². The Morgan fingerprint density at radius 1 is 0.276 bits per heavy atom. The molecule has 0 bridgehead atoms. The second kappa shape index (κ2) is 15.8. The maximum absolute atomic E-state index is 6.71. The second-order valence-corrected chi connectivity index (χ2v) is 22.2. The third-order valence-corrected chi connectivity index (χ3v) is 18.5. The molecule has 0 saturated carbocycles. The summed E-state index contributed by atoms with van der Waals surface area (Å²) in [7, 11) is 0. The van der Waals surface area contributed by atoms with Gasteiger partial charge < -0.3 is 4.42 Å². The summed E-state index contributed by atoms with van der Waals surface area (Å²) in [6.45, 7) is 0. The highest BCUT2D eigenvalue weighted by atomic mass is 32.1. The predicted octanol–water partition coefficient (Wildman–Crippen LogP) is 19.2. The lowest BCUT2D eigenvalue weighted by atomic mass is 9.70. The van der Waals surface area contributed by atoms with Crippen molar-refractivity contribution in [2.45, 2.75) is 5.41 Å². The highest BCUT2D eigenvalue weighted by Gasteiger charge is 2.51. The molecule has 17 rings (SSSR count). The topological polar surface area (TPSA) is 51.8 Å². The minimum atomic E-state index is -0.370. The number of rotatable bonds is 5. The molecule has 2 aliphatic rings. The van der Waals surface area contributed by atoms with Crippen LogP contribution in [0, 0.1) is 0 Å². The Morgan fingerprint density at radius 3 is 1.29 bits per heavy atom. The molecule has 352 valence electrons. The van der Waals surface area contributed by atoms with E-state index in [2.05, 4.69) is 237 Å². The first-order valence-corrected chi connectivity index (χ1v) is 27.4. The van der Waals surface area contributed by atoms with E-state index < -0.39 is 0 Å². The number of aromatic nitrogens is 3. The van der Waals surface area contributed by atoms with E-state index in [-0.39, 0.29) is 5.41 Å². The lowest BCUT2D eigenvalue weighted by molar-refractivity contribution is 0.669. The van der Waals surface area contributed by atoms with Gasteiger partial charge in [-0.2, -0.15) is 0 Å². The van der Waals surface area contributed by atoms with Crippen molar-refractivity contribution in [2.24, 2.45) is 0 Å². The molecule has 6 heteroatoms. The average molecular weight is 1000 g/mol. The Labute approximate surface area is 444 Å². The van der Waals surface area contributed by atoms with Crippen molar-refractivity contribution in [3.05, 3.63) is 259 Å². The van der Waals surface area contributed by atoms with E-state index in [4.69, 9.17) is 19.4 Å². The molecule has 0 atom stereocenters. The normalized spacial score (nSPS) is 13.1. The molecule has 1 spiro atoms. The zero-order valence-corrected chi connectivity index (χ0v) is 42.2. The molecule has 0 radical (unpaired) electrons. The molecule has 0 amide bonds. The van der Waals surface area contributed by atoms with Gasteiger partial charge in [0.05, 0.1) is 5.41 Å². The molecule has 0 N–H and O–H groups in total. The Morgan fingerprint density at radius 2 is 0.697 bits per heavy atom. The van der Waals surface area contributed by atoms with Gasteiger partial charge in [0.25, 0.3) is 0 Å². The fourth-order valence-corrected chi connectivity index (χ4v) is 15.3. The monoisotopic (exact) mass is 1000 g/mol. The summed E-state index contributed by atoms with van der Waals surface area (Å²) in [5, 5.41) is 6.68. The average Bonchev–Trinajstić information content (AvgIpc) is 4.33. The van der Waals surface area contributed by atoms with Gasteiger partial charge in [-0.25, -0.2) is 15.0 Å². The van der Waals surface area contributed by atoms with E-state index in [1.807, 2.05) is 0 Å². The van der Waals surface area contributed by atoms with Crippen LogP contribution in [0.4, 0.5) is 0 Å². The molecule has 0 aliphatic heterocycles. The van der Waals surface area contributed by atoms with Crippen LogP contribution in [-0.2, 0) is 5.41 Å². The molecule has 2 aliphatic carbocycles. The fraction of sp³-hybridized carbons (Fsp3) is 0.0143. The van der Waals surface area contributed by atoms with Crippen molar-refractivity contribution >= 4 is 85.0 Å². The fourth-order valence-electron chi connectivity index (χ4n) is 13.0. The zero-order valence-electron chi connectivity index (χ0n) is 40.6. The van der Waals surface area contributed by atoms with Crippen molar-refractivity contribution < 1.29 is 4.42 Å². The quantitative estimate of drug-likeness (QED) is 0.172. The maximum Gasteiger partial charge on any atom is 0.164 e. The van der Waals surface area contributed by atoms with Crippen LogP contribution in [0.5, 0.6) is 0 Å². The van der Waals surface area contributed by atoms with E-state index >= 15 is 0 Å². The smallest absolute Gasteiger partial charge is 0.164 e. The summed E-state index contributed by atoms with van der Waals surface area (Å²) in [6, 6.07) is 86.1. The van der Waals surface area contributed by atoms with Gasteiger partial charge in [0.1, 0.15) is 11.2 Å². The van der Waals surface area contributed by atoms with Crippen LogP contribution >= 0.6 is 22.7 Å². The number of fused-ring (bicyclic) bond motifs is 19. The third kappa shape index (κ3) is 5.85. The number of hydrogen-bond acceptors (Lipinski definition) is 6. The van der Waals surface area contributed by atoms with E-state index in [0.29, 0.717) is 17.5 Å². The molecule has 11 aromatic carbocycles. The van der Waals surface area contributed by atoms with Gasteiger partial charge in [-0.05, 0) is 121 Å². The van der Waals surface area contributed by atoms with Crippen molar-refractivity contribution in [2.75, 3.05) is 0 Å². The minimum Gasteiger partial charge on any atom is -0.456 e. The van der Waals surface area contributed by atoms with E-state index in [1.165, 1.54) is 79.6 Å². The second-order valence-electron chi connectivity index (χ2n) is 20.1. The molecule has 4 heterocycles. The Balaban J connectivity index is 0.822. The Kier molecular flexibility index (Phi) is 8.77. The van der Waals surface area contributed by atoms with Crippen LogP contribution in [0.15, 0.2) is 241 Å². The highest BCUT2D eigenvalue weighted by Crippen LogP contribution is 2.63. The summed E-state index contributed by atoms with van der Waals surface area (Å²) < 4.78 is 11.6. The SMILES string of the molecule is c1cc(-c2ccc3c(c2)-c2ccccc2C32c3ccccc3-c3ccccc32)cc(-c2ccc3oc4cccc(-c5nc(-c6cccc7sc8ccccc8c67)nc(-c6cccc7sc8ccccc8c67)n5)c4c3c2)c1. The zero-order chi connectivity index (χ0) is 49.6. The molecular weight excluding hydrogens is 963 g/mol. The molecule has 76 heavy (non-hydrogen) atoms. The van der Waals surface area contributed by atoms with Crippen LogP contribution in [-0.4, -0.2) is 15.0 Å². The van der Waals surface area contributed by atoms with E-state index in [0.717, 1.165) is 66.1 Å². The van der Waals surface area contributed by atoms with Gasteiger partial charge in [-0.15, -0.1) is 22.7 Å². The minimum absolute atomic E-state index is 0.370. The lowest BCUT2D eigenvalue weighted by Crippen LogP contribution is -2.25. The third-order valence-electron chi connectivity index (χ3n) is 16.2. The Hall–Kier alpha value is -9.33. The summed E-state index contributed by atoms with van der Waals surface area (Å²) >= 11 is 3.60. The molecule has 4 aromatic heterocycles. The van der Waals surface area contributed by atoms with Crippen molar-refractivity contribution in [1.82, 2.24) is 15.0 Å². The molecule has 15 aromatic rings. The van der Waals surface area contributed by atoms with Gasteiger partial charge in [0.2, 0.25) is 0 Å². The first-order chi connectivity index (χ1) is 37.7. The molecular formula is C70H39N3OS2. The van der Waals surface area contributed by atoms with Gasteiger partial charge >= 0.3 is 0 Å². The van der Waals surface area contributed by atoms with Crippen LogP contribution in [0.1, 0.15) is 22.3 Å². The van der Waals surface area contributed by atoms with Gasteiger partial charge in [-0.3, -0.25) is 0 Å². The standard InChI is InChI=1S/C70H39N3OS2/c1-6-25-54-44(17-1)45-18-2-7-26-55(45)70(54)56-27-8-3-19-46(56)52-38-42(33-35-57(52)70)40-15-11-16-41(37-40)43-34-36-58-53(39-43)64-49(22-12-28-59(64)74-58)67-71-68(50-23-13-31-62-65(50)47-20-4-9-29-60(47)75-62)73-69(72-67)51-24-14-32-63-66(51)48-21-5-10-30-61(48)76-63/h1-39H. The summed E-state index contributed by atoms with van der Waals surface area (Å²) in [4.78, 5) is 16.3. The first kappa shape index (κ1) is 42.1. The van der Waals surface area contributed by atoms with E-state index in [1.54, 1.807) is 22.7 Å². The van der Waals surface area contributed by atoms with Crippen molar-refractivity contribution in [1.29, 1.82) is 0 Å². The number of benzene rings is 11. The van der Waals surface area contributed by atoms with Gasteiger partial charge in [0, 0.05) is 67.8 Å². The molecule has 0 fully saturated rings. The van der Waals surface area contributed by atoms with Crippen molar-refractivity contribution in [3.63, 3.8) is 0 Å². The van der Waals surface area contributed by atoms with Crippen LogP contribution in [0.25, 0.3) is 141 Å². The number of hydrogen-bond donors (Lipinski definition) is 0. The molecule has 0 saturated heterocycles. The maximum atomic E-state index is 6.71. The van der Waals surface area contributed by atoms with Gasteiger partial charge in [0.15, 0.2) is 17.5 Å². The molecule has 0 unspecified atom stereocenters. The predicted molar refractivity (Wildman–Crippen MR) is 316 cm³/mol. The Bertz CT molecular complexity index is 4800. The number of nitrogens with zero attached hydrogens (tertiary/aromatic N) is 3. The lowest BCUT2D eigenvalue weighted by Gasteiger charge is -2.30. The van der Waals surface area contributed by atoms with Crippen LogP contribution in [0.3, 0.4) is 0 Å². The number of thiophene rings is 2. The van der Waals surface area contributed by atoms with Crippen LogP contribution < -0.4 is 0 Å². The summed E-state index contributed by atoms with van der Waals surface area (Å²) in [6.07, 6.45) is 0. The number of furan rings is 1. The largest absolute Gasteiger partial charge is 0.456 e. The first-order valence-electron chi connectivity index (χ1n) is 25.7. The highest BCUT2D eigenvalue weighted by molar-refractivity contribution is 7.26. The summed E-state index contributed by atoms with van der Waals surface area (Å²) in [5.74, 6) is 1.87. The summed E-state index contributed by atoms with van der Waals surface area (Å²) in [5.41, 5.74) is 19.2. The van der Waals surface area contributed by atoms with E-state index in [9.17, 15) is 0 Å².